The summed E-state index contributed by atoms with van der Waals surface area (Å²) in [5.74, 6) is -1.73. The van der Waals surface area contributed by atoms with Crippen molar-refractivity contribution in [1.29, 1.82) is 0 Å². The Kier molecular flexibility index (Phi) is 9.43. The highest BCUT2D eigenvalue weighted by molar-refractivity contribution is 7.89. The van der Waals surface area contributed by atoms with Gasteiger partial charge < -0.3 is 13.9 Å². The summed E-state index contributed by atoms with van der Waals surface area (Å²) in [5.41, 5.74) is 0.881. The monoisotopic (exact) mass is 473 g/mol. The maximum atomic E-state index is 13.0. The maximum Gasteiger partial charge on any atom is 0.336 e. The van der Waals surface area contributed by atoms with Crippen molar-refractivity contribution in [2.75, 3.05) is 13.2 Å². The molecule has 0 saturated carbocycles. The van der Waals surface area contributed by atoms with Gasteiger partial charge in [-0.25, -0.2) is 13.2 Å². The average molecular weight is 474 g/mol. The number of sulfonamides is 1. The van der Waals surface area contributed by atoms with Crippen LogP contribution in [-0.2, 0) is 33.5 Å². The third kappa shape index (κ3) is 7.41. The van der Waals surface area contributed by atoms with Gasteiger partial charge in [0.2, 0.25) is 10.0 Å². The number of esters is 2. The lowest BCUT2D eigenvalue weighted by atomic mass is 10.2. The molecule has 0 bridgehead atoms. The highest BCUT2D eigenvalue weighted by Crippen LogP contribution is 2.38. The van der Waals surface area contributed by atoms with Gasteiger partial charge >= 0.3 is 11.9 Å². The van der Waals surface area contributed by atoms with E-state index in [2.05, 4.69) is 4.72 Å². The van der Waals surface area contributed by atoms with Crippen LogP contribution in [0.5, 0.6) is 0 Å². The Hall–Kier alpha value is -1.75. The predicted octanol–water partition coefficient (Wildman–Crippen LogP) is 3.16. The fourth-order valence-electron chi connectivity index (χ4n) is 2.39. The van der Waals surface area contributed by atoms with Crippen LogP contribution in [0, 0.1) is 6.92 Å². The van der Waals surface area contributed by atoms with E-state index in [4.69, 9.17) is 13.9 Å². The van der Waals surface area contributed by atoms with Crippen LogP contribution in [0.25, 0.3) is 0 Å². The van der Waals surface area contributed by atoms with E-state index in [1.165, 1.54) is 12.1 Å². The third-order valence-corrected chi connectivity index (χ3v) is 11.1. The quantitative estimate of drug-likeness (QED) is 0.411. The molecule has 0 heterocycles. The Morgan fingerprint density at radius 1 is 1.00 bits per heavy atom. The van der Waals surface area contributed by atoms with Crippen molar-refractivity contribution in [2.45, 2.75) is 76.7 Å². The standard InChI is InChI=1S/C21H35NO7SSi/c1-9-27-19(23)17(22-30(25,26)16-13-11-15(3)12-14-16)18(20(24)28-10-2)29-31(7,8)21(4,5)6/h11-14,17-18,22H,9-10H2,1-8H3/t17-,18+/m0/s1. The minimum absolute atomic E-state index is 0.0111. The summed E-state index contributed by atoms with van der Waals surface area (Å²) >= 11 is 0. The van der Waals surface area contributed by atoms with Crippen molar-refractivity contribution in [1.82, 2.24) is 4.72 Å². The lowest BCUT2D eigenvalue weighted by molar-refractivity contribution is -0.161. The number of benzene rings is 1. The highest BCUT2D eigenvalue weighted by Gasteiger charge is 2.47. The first-order valence-electron chi connectivity index (χ1n) is 10.3. The molecule has 176 valence electrons. The van der Waals surface area contributed by atoms with Crippen LogP contribution in [-0.4, -0.2) is 54.0 Å². The van der Waals surface area contributed by atoms with Crippen molar-refractivity contribution in [3.05, 3.63) is 29.8 Å². The third-order valence-electron chi connectivity index (χ3n) is 5.20. The Labute approximate surface area is 186 Å². The van der Waals surface area contributed by atoms with Crippen LogP contribution < -0.4 is 4.72 Å². The van der Waals surface area contributed by atoms with E-state index in [1.54, 1.807) is 26.0 Å². The summed E-state index contributed by atoms with van der Waals surface area (Å²) < 4.78 is 44.7. The lowest BCUT2D eigenvalue weighted by Gasteiger charge is -2.39. The van der Waals surface area contributed by atoms with Crippen molar-refractivity contribution in [3.8, 4) is 0 Å². The van der Waals surface area contributed by atoms with Crippen molar-refractivity contribution >= 4 is 30.3 Å². The molecule has 0 aliphatic rings. The Morgan fingerprint density at radius 2 is 1.48 bits per heavy atom. The smallest absolute Gasteiger partial charge is 0.336 e. The van der Waals surface area contributed by atoms with E-state index in [1.807, 2.05) is 40.8 Å². The van der Waals surface area contributed by atoms with Gasteiger partial charge in [-0.15, -0.1) is 0 Å². The first-order chi connectivity index (χ1) is 14.2. The van der Waals surface area contributed by atoms with Gasteiger partial charge in [0.1, 0.15) is 0 Å². The second-order valence-corrected chi connectivity index (χ2v) is 15.2. The Bertz CT molecular complexity index is 861. The summed E-state index contributed by atoms with van der Waals surface area (Å²) in [7, 11) is -6.74. The second-order valence-electron chi connectivity index (χ2n) is 8.71. The molecular formula is C21H35NO7SSi. The number of carbonyl (C=O) groups is 2. The summed E-state index contributed by atoms with van der Waals surface area (Å²) in [6.45, 7) is 14.8. The van der Waals surface area contributed by atoms with Gasteiger partial charge in [0.15, 0.2) is 20.5 Å². The Balaban J connectivity index is 3.45. The minimum atomic E-state index is -4.15. The SMILES string of the molecule is CCOC(=O)[C@@H](NS(=O)(=O)c1ccc(C)cc1)[C@@H](O[Si](C)(C)C(C)(C)C)C(=O)OCC. The number of carbonyl (C=O) groups excluding carboxylic acids is 2. The number of hydrogen-bond donors (Lipinski definition) is 1. The summed E-state index contributed by atoms with van der Waals surface area (Å²) in [6, 6.07) is 4.53. The fourth-order valence-corrected chi connectivity index (χ4v) is 4.79. The molecule has 8 nitrogen and oxygen atoms in total. The van der Waals surface area contributed by atoms with E-state index in [0.29, 0.717) is 0 Å². The number of rotatable bonds is 10. The first kappa shape index (κ1) is 27.3. The van der Waals surface area contributed by atoms with E-state index < -0.39 is 42.4 Å². The van der Waals surface area contributed by atoms with Crippen LogP contribution in [0.3, 0.4) is 0 Å². The van der Waals surface area contributed by atoms with E-state index in [0.717, 1.165) is 5.56 Å². The topological polar surface area (TPSA) is 108 Å². The molecular weight excluding hydrogens is 438 g/mol. The van der Waals surface area contributed by atoms with Crippen molar-refractivity contribution in [3.63, 3.8) is 0 Å². The zero-order valence-electron chi connectivity index (χ0n) is 19.6. The fraction of sp³-hybridized carbons (Fsp3) is 0.619. The minimum Gasteiger partial charge on any atom is -0.465 e. The van der Waals surface area contributed by atoms with Gasteiger partial charge in [-0.05, 0) is 51.0 Å². The molecule has 0 aliphatic carbocycles. The van der Waals surface area contributed by atoms with Gasteiger partial charge in [-0.2, -0.15) is 4.72 Å². The van der Waals surface area contributed by atoms with Crippen LogP contribution in [0.4, 0.5) is 0 Å². The van der Waals surface area contributed by atoms with E-state index in [9.17, 15) is 18.0 Å². The summed E-state index contributed by atoms with van der Waals surface area (Å²) in [4.78, 5) is 25.5. The molecule has 0 aliphatic heterocycles. The maximum absolute atomic E-state index is 13.0. The van der Waals surface area contributed by atoms with Crippen molar-refractivity contribution < 1.29 is 31.9 Å². The van der Waals surface area contributed by atoms with Gasteiger partial charge in [0, 0.05) is 0 Å². The molecule has 10 heteroatoms. The molecule has 0 radical (unpaired) electrons. The van der Waals surface area contributed by atoms with Crippen LogP contribution in [0.2, 0.25) is 18.1 Å². The summed E-state index contributed by atoms with van der Waals surface area (Å²) in [5, 5.41) is -0.299. The second kappa shape index (κ2) is 10.7. The van der Waals surface area contributed by atoms with Crippen molar-refractivity contribution in [2.24, 2.45) is 0 Å². The number of hydrogen-bond acceptors (Lipinski definition) is 7. The highest BCUT2D eigenvalue weighted by atomic mass is 32.2. The normalized spacial score (nSPS) is 14.6. The predicted molar refractivity (Wildman–Crippen MR) is 121 cm³/mol. The van der Waals surface area contributed by atoms with Crippen LogP contribution in [0.1, 0.15) is 40.2 Å². The van der Waals surface area contributed by atoms with E-state index >= 15 is 0 Å². The zero-order valence-corrected chi connectivity index (χ0v) is 21.5. The van der Waals surface area contributed by atoms with Crippen LogP contribution in [0.15, 0.2) is 29.2 Å². The zero-order chi connectivity index (χ0) is 24.0. The molecule has 0 unspecified atom stereocenters. The summed E-state index contributed by atoms with van der Waals surface area (Å²) in [6.07, 6.45) is -1.49. The molecule has 1 rings (SSSR count). The molecule has 1 aromatic rings. The molecule has 1 aromatic carbocycles. The first-order valence-corrected chi connectivity index (χ1v) is 14.7. The molecule has 0 aromatic heterocycles. The molecule has 0 fully saturated rings. The number of nitrogens with one attached hydrogen (secondary N) is 1. The van der Waals surface area contributed by atoms with E-state index in [-0.39, 0.29) is 23.1 Å². The molecule has 1 N–H and O–H groups in total. The van der Waals surface area contributed by atoms with Gasteiger partial charge in [0.05, 0.1) is 18.1 Å². The molecule has 0 saturated heterocycles. The molecule has 31 heavy (non-hydrogen) atoms. The van der Waals surface area contributed by atoms with Gasteiger partial charge in [-0.3, -0.25) is 4.79 Å². The largest absolute Gasteiger partial charge is 0.465 e. The van der Waals surface area contributed by atoms with Crippen LogP contribution >= 0.6 is 0 Å². The molecule has 0 spiro atoms. The Morgan fingerprint density at radius 3 is 1.94 bits per heavy atom. The number of aryl methyl sites for hydroxylation is 1. The van der Waals surface area contributed by atoms with Gasteiger partial charge in [-0.1, -0.05) is 38.5 Å². The lowest BCUT2D eigenvalue weighted by Crippen LogP contribution is -2.58. The number of ether oxygens (including phenoxy) is 2. The average Bonchev–Trinajstić information content (AvgIpc) is 2.64. The van der Waals surface area contributed by atoms with Gasteiger partial charge in [0.25, 0.3) is 0 Å². The molecule has 0 amide bonds. The molecule has 2 atom stereocenters.